The number of hydrogen-bond acceptors (Lipinski definition) is 2. The molecule has 1 aromatic rings. The molecule has 1 N–H and O–H groups in total. The summed E-state index contributed by atoms with van der Waals surface area (Å²) < 4.78 is 38.4. The standard InChI is InChI=1S/C17H23F3N2O2/c1-16(2,3)22(15(23)24)14-10-21(11-17(18,19)20)9-13(14)12-7-5-4-6-8-12/h4-8,13-14H,9-11H2,1-3H3,(H,23,24)/t13-,14+/m1/s1. The number of alkyl halides is 3. The molecule has 2 atom stereocenters. The maximum absolute atomic E-state index is 12.8. The summed E-state index contributed by atoms with van der Waals surface area (Å²) in [6.07, 6.45) is -5.41. The zero-order valence-electron chi connectivity index (χ0n) is 14.0. The minimum atomic E-state index is -4.30. The Morgan fingerprint density at radius 1 is 1.21 bits per heavy atom. The van der Waals surface area contributed by atoms with Crippen molar-refractivity contribution in [3.05, 3.63) is 35.9 Å². The first-order valence-electron chi connectivity index (χ1n) is 7.85. The molecule has 7 heteroatoms. The molecule has 0 spiro atoms. The third-order valence-electron chi connectivity index (χ3n) is 4.26. The van der Waals surface area contributed by atoms with E-state index in [9.17, 15) is 23.1 Å². The van der Waals surface area contributed by atoms with Crippen LogP contribution in [0.15, 0.2) is 30.3 Å². The molecule has 0 aromatic heterocycles. The summed E-state index contributed by atoms with van der Waals surface area (Å²) in [4.78, 5) is 14.4. The average molecular weight is 344 g/mol. The minimum absolute atomic E-state index is 0.0721. The predicted octanol–water partition coefficient (Wildman–Crippen LogP) is 3.80. The van der Waals surface area contributed by atoms with E-state index in [2.05, 4.69) is 0 Å². The first-order chi connectivity index (χ1) is 11.0. The molecule has 4 nitrogen and oxygen atoms in total. The average Bonchev–Trinajstić information content (AvgIpc) is 2.78. The van der Waals surface area contributed by atoms with Crippen LogP contribution < -0.4 is 0 Å². The van der Waals surface area contributed by atoms with Crippen molar-refractivity contribution in [2.24, 2.45) is 0 Å². The van der Waals surface area contributed by atoms with E-state index in [-0.39, 0.29) is 19.0 Å². The van der Waals surface area contributed by atoms with Gasteiger partial charge in [0.25, 0.3) is 0 Å². The normalized spacial score (nSPS) is 22.6. The molecule has 0 radical (unpaired) electrons. The number of carbonyl (C=O) groups is 1. The maximum atomic E-state index is 12.8. The Labute approximate surface area is 139 Å². The lowest BCUT2D eigenvalue weighted by Crippen LogP contribution is -2.53. The number of amides is 1. The molecular weight excluding hydrogens is 321 g/mol. The van der Waals surface area contributed by atoms with Gasteiger partial charge in [0.2, 0.25) is 0 Å². The van der Waals surface area contributed by atoms with Crippen molar-refractivity contribution in [2.75, 3.05) is 19.6 Å². The summed E-state index contributed by atoms with van der Waals surface area (Å²) >= 11 is 0. The van der Waals surface area contributed by atoms with Gasteiger partial charge in [-0.25, -0.2) is 4.79 Å². The second-order valence-corrected chi connectivity index (χ2v) is 7.22. The molecule has 1 heterocycles. The van der Waals surface area contributed by atoms with E-state index in [4.69, 9.17) is 0 Å². The predicted molar refractivity (Wildman–Crippen MR) is 85.1 cm³/mol. The lowest BCUT2D eigenvalue weighted by Gasteiger charge is -2.40. The van der Waals surface area contributed by atoms with E-state index < -0.39 is 30.4 Å². The second kappa shape index (κ2) is 6.63. The Morgan fingerprint density at radius 2 is 1.79 bits per heavy atom. The summed E-state index contributed by atoms with van der Waals surface area (Å²) in [7, 11) is 0. The van der Waals surface area contributed by atoms with Crippen molar-refractivity contribution < 1.29 is 23.1 Å². The Hall–Kier alpha value is -1.76. The van der Waals surface area contributed by atoms with Crippen LogP contribution in [0, 0.1) is 0 Å². The zero-order chi connectivity index (χ0) is 18.1. The van der Waals surface area contributed by atoms with Crippen LogP contribution in [0.5, 0.6) is 0 Å². The highest BCUT2D eigenvalue weighted by molar-refractivity contribution is 5.67. The zero-order valence-corrected chi connectivity index (χ0v) is 14.0. The molecule has 0 saturated carbocycles. The molecule has 0 bridgehead atoms. The van der Waals surface area contributed by atoms with E-state index in [1.165, 1.54) is 9.80 Å². The fourth-order valence-electron chi connectivity index (χ4n) is 3.46. The van der Waals surface area contributed by atoms with Gasteiger partial charge in [0, 0.05) is 24.5 Å². The monoisotopic (exact) mass is 344 g/mol. The van der Waals surface area contributed by atoms with Crippen molar-refractivity contribution in [1.29, 1.82) is 0 Å². The Morgan fingerprint density at radius 3 is 2.25 bits per heavy atom. The van der Waals surface area contributed by atoms with Gasteiger partial charge in [0.15, 0.2) is 0 Å². The van der Waals surface area contributed by atoms with Crippen molar-refractivity contribution in [1.82, 2.24) is 9.80 Å². The Balaban J connectivity index is 2.35. The number of halogens is 3. The summed E-state index contributed by atoms with van der Waals surface area (Å²) in [5.74, 6) is -0.288. The molecular formula is C17H23F3N2O2. The van der Waals surface area contributed by atoms with E-state index >= 15 is 0 Å². The van der Waals surface area contributed by atoms with Gasteiger partial charge in [-0.15, -0.1) is 0 Å². The lowest BCUT2D eigenvalue weighted by molar-refractivity contribution is -0.144. The van der Waals surface area contributed by atoms with Crippen molar-refractivity contribution >= 4 is 6.09 Å². The lowest BCUT2D eigenvalue weighted by atomic mass is 9.90. The fourth-order valence-corrected chi connectivity index (χ4v) is 3.46. The molecule has 2 rings (SSSR count). The summed E-state index contributed by atoms with van der Waals surface area (Å²) in [5.41, 5.74) is 0.167. The molecule has 1 aromatic carbocycles. The SMILES string of the molecule is CC(C)(C)N(C(=O)O)[C@H]1CN(CC(F)(F)F)C[C@@H]1c1ccccc1. The van der Waals surface area contributed by atoms with Crippen LogP contribution in [0.25, 0.3) is 0 Å². The summed E-state index contributed by atoms with van der Waals surface area (Å²) in [6, 6.07) is 8.64. The quantitative estimate of drug-likeness (QED) is 0.907. The third kappa shape index (κ3) is 4.41. The summed E-state index contributed by atoms with van der Waals surface area (Å²) in [5, 5.41) is 9.64. The first kappa shape index (κ1) is 18.6. The van der Waals surface area contributed by atoms with Crippen LogP contribution in [0.4, 0.5) is 18.0 Å². The van der Waals surface area contributed by atoms with E-state index in [1.807, 2.05) is 30.3 Å². The largest absolute Gasteiger partial charge is 0.465 e. The number of benzene rings is 1. The smallest absolute Gasteiger partial charge is 0.408 e. The topological polar surface area (TPSA) is 43.8 Å². The van der Waals surface area contributed by atoms with Gasteiger partial charge in [-0.1, -0.05) is 30.3 Å². The van der Waals surface area contributed by atoms with Gasteiger partial charge >= 0.3 is 12.3 Å². The number of carboxylic acid groups (broad SMARTS) is 1. The molecule has 1 amide bonds. The highest BCUT2D eigenvalue weighted by atomic mass is 19.4. The Kier molecular flexibility index (Phi) is 5.13. The van der Waals surface area contributed by atoms with Gasteiger partial charge in [0.1, 0.15) is 0 Å². The van der Waals surface area contributed by atoms with Crippen LogP contribution in [0.2, 0.25) is 0 Å². The molecule has 1 fully saturated rings. The number of likely N-dealkylation sites (tertiary alicyclic amines) is 1. The van der Waals surface area contributed by atoms with Gasteiger partial charge in [-0.05, 0) is 26.3 Å². The third-order valence-corrected chi connectivity index (χ3v) is 4.26. The molecule has 1 saturated heterocycles. The van der Waals surface area contributed by atoms with E-state index in [1.54, 1.807) is 20.8 Å². The molecule has 1 aliphatic rings. The second-order valence-electron chi connectivity index (χ2n) is 7.22. The van der Waals surface area contributed by atoms with Gasteiger partial charge in [-0.3, -0.25) is 9.80 Å². The van der Waals surface area contributed by atoms with Crippen LogP contribution in [-0.2, 0) is 0 Å². The molecule has 1 aliphatic heterocycles. The van der Waals surface area contributed by atoms with Crippen molar-refractivity contribution in [3.8, 4) is 0 Å². The number of hydrogen-bond donors (Lipinski definition) is 1. The van der Waals surface area contributed by atoms with Gasteiger partial charge in [-0.2, -0.15) is 13.2 Å². The van der Waals surface area contributed by atoms with E-state index in [0.717, 1.165) is 5.56 Å². The molecule has 0 unspecified atom stereocenters. The van der Waals surface area contributed by atoms with Crippen LogP contribution in [0.1, 0.15) is 32.3 Å². The molecule has 24 heavy (non-hydrogen) atoms. The van der Waals surface area contributed by atoms with E-state index in [0.29, 0.717) is 0 Å². The minimum Gasteiger partial charge on any atom is -0.465 e. The van der Waals surface area contributed by atoms with Crippen molar-refractivity contribution in [2.45, 2.75) is 44.4 Å². The van der Waals surface area contributed by atoms with Gasteiger partial charge < -0.3 is 5.11 Å². The highest BCUT2D eigenvalue weighted by Crippen LogP contribution is 2.35. The number of nitrogens with zero attached hydrogens (tertiary/aromatic N) is 2. The van der Waals surface area contributed by atoms with Crippen LogP contribution in [-0.4, -0.2) is 58.4 Å². The maximum Gasteiger partial charge on any atom is 0.408 e. The number of rotatable bonds is 3. The van der Waals surface area contributed by atoms with Gasteiger partial charge in [0.05, 0.1) is 12.6 Å². The summed E-state index contributed by atoms with van der Waals surface area (Å²) in [6.45, 7) is 4.52. The molecule has 0 aliphatic carbocycles. The fraction of sp³-hybridized carbons (Fsp3) is 0.588. The Bertz CT molecular complexity index is 569. The molecule has 134 valence electrons. The van der Waals surface area contributed by atoms with Crippen LogP contribution in [0.3, 0.4) is 0 Å². The van der Waals surface area contributed by atoms with Crippen LogP contribution >= 0.6 is 0 Å². The highest BCUT2D eigenvalue weighted by Gasteiger charge is 2.46. The van der Waals surface area contributed by atoms with Crippen molar-refractivity contribution in [3.63, 3.8) is 0 Å². The first-order valence-corrected chi connectivity index (χ1v) is 7.85.